The second-order valence-corrected chi connectivity index (χ2v) is 5.60. The predicted molar refractivity (Wildman–Crippen MR) is 95.9 cm³/mol. The predicted octanol–water partition coefficient (Wildman–Crippen LogP) is 3.43. The molecular formula is C20H16FNO5. The largest absolute Gasteiger partial charge is 0.497 e. The zero-order valence-corrected chi connectivity index (χ0v) is 14.7. The third kappa shape index (κ3) is 4.03. The van der Waals surface area contributed by atoms with Crippen LogP contribution in [0.1, 0.15) is 20.8 Å². The standard InChI is InChI=1S/C20H16FNO5/c1-25-14-5-3-4-12(8-14)18(23)11-27-19-10-17(20(24)26-2)22-16-7-6-13(21)9-15(16)19/h3-10H,11H2,1-2H3. The Bertz CT molecular complexity index is 1020. The summed E-state index contributed by atoms with van der Waals surface area (Å²) in [5, 5.41) is 0.348. The van der Waals surface area contributed by atoms with E-state index in [2.05, 4.69) is 9.72 Å². The van der Waals surface area contributed by atoms with Crippen LogP contribution in [0.4, 0.5) is 4.39 Å². The van der Waals surface area contributed by atoms with Gasteiger partial charge in [0.2, 0.25) is 0 Å². The Morgan fingerprint density at radius 3 is 2.63 bits per heavy atom. The molecule has 0 aliphatic rings. The highest BCUT2D eigenvalue weighted by Gasteiger charge is 2.16. The van der Waals surface area contributed by atoms with E-state index in [1.54, 1.807) is 24.3 Å². The first-order valence-electron chi connectivity index (χ1n) is 8.00. The molecule has 27 heavy (non-hydrogen) atoms. The molecule has 0 bridgehead atoms. The SMILES string of the molecule is COC(=O)c1cc(OCC(=O)c2cccc(OC)c2)c2cc(F)ccc2n1. The molecule has 3 rings (SSSR count). The Morgan fingerprint density at radius 2 is 1.89 bits per heavy atom. The molecule has 0 aliphatic carbocycles. The first-order chi connectivity index (χ1) is 13.0. The number of rotatable bonds is 6. The van der Waals surface area contributed by atoms with Crippen molar-refractivity contribution in [2.75, 3.05) is 20.8 Å². The lowest BCUT2D eigenvalue weighted by molar-refractivity contribution is 0.0594. The molecule has 6 nitrogen and oxygen atoms in total. The molecule has 0 atom stereocenters. The average molecular weight is 369 g/mol. The van der Waals surface area contributed by atoms with E-state index in [1.165, 1.54) is 38.5 Å². The lowest BCUT2D eigenvalue weighted by Gasteiger charge is -2.11. The van der Waals surface area contributed by atoms with Crippen LogP contribution in [0.2, 0.25) is 0 Å². The van der Waals surface area contributed by atoms with Gasteiger partial charge in [-0.1, -0.05) is 12.1 Å². The van der Waals surface area contributed by atoms with E-state index in [9.17, 15) is 14.0 Å². The Hall–Kier alpha value is -3.48. The van der Waals surface area contributed by atoms with Crippen molar-refractivity contribution in [3.05, 3.63) is 65.6 Å². The molecule has 1 heterocycles. The highest BCUT2D eigenvalue weighted by molar-refractivity contribution is 5.98. The van der Waals surface area contributed by atoms with Gasteiger partial charge in [0.05, 0.1) is 19.7 Å². The summed E-state index contributed by atoms with van der Waals surface area (Å²) in [6, 6.07) is 11.9. The fourth-order valence-corrected chi connectivity index (χ4v) is 2.52. The summed E-state index contributed by atoms with van der Waals surface area (Å²) in [5.41, 5.74) is 0.760. The van der Waals surface area contributed by atoms with E-state index in [1.807, 2.05) is 0 Å². The molecule has 0 unspecified atom stereocenters. The van der Waals surface area contributed by atoms with E-state index >= 15 is 0 Å². The number of ketones is 1. The minimum Gasteiger partial charge on any atom is -0.497 e. The van der Waals surface area contributed by atoms with Gasteiger partial charge in [0.25, 0.3) is 0 Å². The second kappa shape index (κ2) is 7.82. The lowest BCUT2D eigenvalue weighted by atomic mass is 10.1. The van der Waals surface area contributed by atoms with E-state index in [0.717, 1.165) is 0 Å². The van der Waals surface area contributed by atoms with Crippen LogP contribution in [0.3, 0.4) is 0 Å². The maximum Gasteiger partial charge on any atom is 0.356 e. The number of hydrogen-bond donors (Lipinski definition) is 0. The molecule has 0 fully saturated rings. The summed E-state index contributed by atoms with van der Waals surface area (Å²) in [7, 11) is 2.73. The summed E-state index contributed by atoms with van der Waals surface area (Å²) in [4.78, 5) is 28.3. The number of carbonyl (C=O) groups excluding carboxylic acids is 2. The Kier molecular flexibility index (Phi) is 5.30. The summed E-state index contributed by atoms with van der Waals surface area (Å²) in [6.45, 7) is -0.302. The summed E-state index contributed by atoms with van der Waals surface area (Å²) >= 11 is 0. The molecule has 0 saturated carbocycles. The fourth-order valence-electron chi connectivity index (χ4n) is 2.52. The zero-order valence-electron chi connectivity index (χ0n) is 14.7. The Balaban J connectivity index is 1.91. The normalized spacial score (nSPS) is 10.5. The van der Waals surface area contributed by atoms with E-state index in [0.29, 0.717) is 22.2 Å². The number of benzene rings is 2. The van der Waals surface area contributed by atoms with Crippen molar-refractivity contribution in [3.8, 4) is 11.5 Å². The molecule has 3 aromatic rings. The Labute approximate surface area is 154 Å². The fraction of sp³-hybridized carbons (Fsp3) is 0.150. The van der Waals surface area contributed by atoms with E-state index < -0.39 is 11.8 Å². The van der Waals surface area contributed by atoms with Crippen molar-refractivity contribution >= 4 is 22.7 Å². The molecule has 0 spiro atoms. The maximum atomic E-state index is 13.6. The van der Waals surface area contributed by atoms with Gasteiger partial charge in [-0.15, -0.1) is 0 Å². The van der Waals surface area contributed by atoms with Crippen LogP contribution in [0.5, 0.6) is 11.5 Å². The second-order valence-electron chi connectivity index (χ2n) is 5.60. The van der Waals surface area contributed by atoms with Crippen LogP contribution in [-0.2, 0) is 4.74 Å². The molecule has 138 valence electrons. The van der Waals surface area contributed by atoms with Gasteiger partial charge in [-0.05, 0) is 30.3 Å². The zero-order chi connectivity index (χ0) is 19.4. The molecule has 2 aromatic carbocycles. The third-order valence-corrected chi connectivity index (χ3v) is 3.88. The molecule has 0 amide bonds. The number of esters is 1. The summed E-state index contributed by atoms with van der Waals surface area (Å²) in [5.74, 6) is -0.736. The van der Waals surface area contributed by atoms with Gasteiger partial charge in [-0.2, -0.15) is 0 Å². The number of hydrogen-bond acceptors (Lipinski definition) is 6. The number of methoxy groups -OCH3 is 2. The van der Waals surface area contributed by atoms with E-state index in [-0.39, 0.29) is 23.8 Å². The number of ether oxygens (including phenoxy) is 3. The summed E-state index contributed by atoms with van der Waals surface area (Å²) in [6.07, 6.45) is 0. The van der Waals surface area contributed by atoms with E-state index in [4.69, 9.17) is 9.47 Å². The highest BCUT2D eigenvalue weighted by atomic mass is 19.1. The van der Waals surface area contributed by atoms with Crippen LogP contribution in [0.25, 0.3) is 10.9 Å². The average Bonchev–Trinajstić information content (AvgIpc) is 2.71. The Morgan fingerprint density at radius 1 is 1.07 bits per heavy atom. The van der Waals surface area contributed by atoms with Crippen molar-refractivity contribution in [1.29, 1.82) is 0 Å². The minimum absolute atomic E-state index is 0.000405. The van der Waals surface area contributed by atoms with Crippen molar-refractivity contribution in [3.63, 3.8) is 0 Å². The first kappa shape index (κ1) is 18.3. The van der Waals surface area contributed by atoms with Gasteiger partial charge in [0.15, 0.2) is 18.1 Å². The molecule has 0 saturated heterocycles. The molecule has 1 aromatic heterocycles. The van der Waals surface area contributed by atoms with Crippen molar-refractivity contribution < 1.29 is 28.2 Å². The molecule has 7 heteroatoms. The number of carbonyl (C=O) groups is 2. The van der Waals surface area contributed by atoms with Gasteiger partial charge in [0.1, 0.15) is 17.3 Å². The number of halogens is 1. The smallest absolute Gasteiger partial charge is 0.356 e. The highest BCUT2D eigenvalue weighted by Crippen LogP contribution is 2.27. The van der Waals surface area contributed by atoms with Crippen LogP contribution >= 0.6 is 0 Å². The minimum atomic E-state index is -0.662. The number of fused-ring (bicyclic) bond motifs is 1. The topological polar surface area (TPSA) is 74.7 Å². The van der Waals surface area contributed by atoms with Crippen LogP contribution in [0.15, 0.2) is 48.5 Å². The van der Waals surface area contributed by atoms with Gasteiger partial charge in [0, 0.05) is 17.0 Å². The molecule has 0 radical (unpaired) electrons. The molecular weight excluding hydrogens is 353 g/mol. The maximum absolute atomic E-state index is 13.6. The molecule has 0 N–H and O–H groups in total. The third-order valence-electron chi connectivity index (χ3n) is 3.88. The number of pyridine rings is 1. The van der Waals surface area contributed by atoms with Gasteiger partial charge in [-0.3, -0.25) is 4.79 Å². The first-order valence-corrected chi connectivity index (χ1v) is 8.00. The number of aromatic nitrogens is 1. The van der Waals surface area contributed by atoms with Gasteiger partial charge in [-0.25, -0.2) is 14.2 Å². The van der Waals surface area contributed by atoms with Crippen molar-refractivity contribution in [1.82, 2.24) is 4.98 Å². The number of Topliss-reactive ketones (excluding diaryl/α,β-unsaturated/α-hetero) is 1. The molecule has 0 aliphatic heterocycles. The van der Waals surface area contributed by atoms with Crippen LogP contribution in [0, 0.1) is 5.82 Å². The monoisotopic (exact) mass is 369 g/mol. The summed E-state index contributed by atoms with van der Waals surface area (Å²) < 4.78 is 29.0. The lowest BCUT2D eigenvalue weighted by Crippen LogP contribution is -2.13. The van der Waals surface area contributed by atoms with Crippen molar-refractivity contribution in [2.45, 2.75) is 0 Å². The quantitative estimate of drug-likeness (QED) is 0.490. The van der Waals surface area contributed by atoms with Gasteiger partial charge >= 0.3 is 5.97 Å². The van der Waals surface area contributed by atoms with Crippen LogP contribution < -0.4 is 9.47 Å². The van der Waals surface area contributed by atoms with Crippen LogP contribution in [-0.4, -0.2) is 37.6 Å². The van der Waals surface area contributed by atoms with Crippen molar-refractivity contribution in [2.24, 2.45) is 0 Å². The van der Waals surface area contributed by atoms with Gasteiger partial charge < -0.3 is 14.2 Å². The number of nitrogens with zero attached hydrogens (tertiary/aromatic N) is 1.